The summed E-state index contributed by atoms with van der Waals surface area (Å²) in [7, 11) is 0. The molecule has 0 spiro atoms. The summed E-state index contributed by atoms with van der Waals surface area (Å²) in [5.41, 5.74) is 0.699. The Hall–Kier alpha value is -2.93. The van der Waals surface area contributed by atoms with Gasteiger partial charge in [0.2, 0.25) is 5.91 Å². The van der Waals surface area contributed by atoms with Gasteiger partial charge in [-0.2, -0.15) is 0 Å². The molecule has 7 heteroatoms. The van der Waals surface area contributed by atoms with Crippen molar-refractivity contribution in [2.24, 2.45) is 0 Å². The van der Waals surface area contributed by atoms with Crippen LogP contribution in [0.4, 0.5) is 0 Å². The molecule has 2 aromatic rings. The monoisotopic (exact) mass is 372 g/mol. The van der Waals surface area contributed by atoms with E-state index in [1.807, 2.05) is 35.7 Å². The lowest BCUT2D eigenvalue weighted by Crippen LogP contribution is -2.37. The molecule has 26 heavy (non-hydrogen) atoms. The van der Waals surface area contributed by atoms with Crippen LogP contribution >= 0.6 is 11.3 Å². The zero-order valence-corrected chi connectivity index (χ0v) is 15.3. The fourth-order valence-electron chi connectivity index (χ4n) is 2.06. The van der Waals surface area contributed by atoms with Gasteiger partial charge in [0.15, 0.2) is 6.10 Å². The lowest BCUT2D eigenvalue weighted by molar-refractivity contribution is -0.151. The molecule has 0 bridgehead atoms. The lowest BCUT2D eigenvalue weighted by Gasteiger charge is -2.15. The van der Waals surface area contributed by atoms with E-state index in [1.54, 1.807) is 12.1 Å². The van der Waals surface area contributed by atoms with Crippen molar-refractivity contribution < 1.29 is 19.1 Å². The van der Waals surface area contributed by atoms with Gasteiger partial charge in [-0.3, -0.25) is 9.59 Å². The largest absolute Gasteiger partial charge is 0.448 e. The van der Waals surface area contributed by atoms with Crippen molar-refractivity contribution in [3.63, 3.8) is 0 Å². The van der Waals surface area contributed by atoms with Gasteiger partial charge in [0, 0.05) is 11.8 Å². The minimum Gasteiger partial charge on any atom is -0.448 e. The van der Waals surface area contributed by atoms with E-state index < -0.39 is 23.9 Å². The summed E-state index contributed by atoms with van der Waals surface area (Å²) in [5, 5.41) is 7.07. The maximum Gasteiger partial charge on any atom is 0.355 e. The molecule has 0 unspecified atom stereocenters. The van der Waals surface area contributed by atoms with Crippen LogP contribution in [0.25, 0.3) is 6.08 Å². The summed E-state index contributed by atoms with van der Waals surface area (Å²) in [6.45, 7) is 3.15. The predicted octanol–water partition coefficient (Wildman–Crippen LogP) is 2.47. The van der Waals surface area contributed by atoms with Crippen LogP contribution in [0.3, 0.4) is 0 Å². The average molecular weight is 372 g/mol. The Labute approximate surface area is 155 Å². The third-order valence-corrected chi connectivity index (χ3v) is 4.19. The molecule has 0 aliphatic carbocycles. The third-order valence-electron chi connectivity index (χ3n) is 3.31. The van der Waals surface area contributed by atoms with Crippen molar-refractivity contribution in [3.05, 3.63) is 64.0 Å². The lowest BCUT2D eigenvalue weighted by atomic mass is 10.2. The minimum atomic E-state index is -0.990. The van der Waals surface area contributed by atoms with Crippen molar-refractivity contribution in [2.45, 2.75) is 26.5 Å². The molecule has 0 radical (unpaired) electrons. The van der Waals surface area contributed by atoms with Crippen LogP contribution in [-0.2, 0) is 25.7 Å². The van der Waals surface area contributed by atoms with Gasteiger partial charge in [-0.1, -0.05) is 36.4 Å². The average Bonchev–Trinajstić information content (AvgIpc) is 3.13. The molecule has 2 N–H and O–H groups in total. The number of rotatable bonds is 7. The van der Waals surface area contributed by atoms with Crippen LogP contribution < -0.4 is 10.6 Å². The number of esters is 1. The zero-order valence-electron chi connectivity index (χ0n) is 14.5. The van der Waals surface area contributed by atoms with Crippen molar-refractivity contribution in [2.75, 3.05) is 0 Å². The Kier molecular flexibility index (Phi) is 7.11. The van der Waals surface area contributed by atoms with E-state index in [2.05, 4.69) is 10.6 Å². The Morgan fingerprint density at radius 1 is 1.15 bits per heavy atom. The molecule has 0 aliphatic heterocycles. The van der Waals surface area contributed by atoms with Crippen LogP contribution in [0.5, 0.6) is 0 Å². The van der Waals surface area contributed by atoms with E-state index in [1.165, 1.54) is 31.3 Å². The highest BCUT2D eigenvalue weighted by atomic mass is 32.1. The number of nitrogens with one attached hydrogen (secondary N) is 2. The maximum absolute atomic E-state index is 12.3. The molecule has 2 amide bonds. The summed E-state index contributed by atoms with van der Waals surface area (Å²) >= 11 is 1.52. The van der Waals surface area contributed by atoms with Gasteiger partial charge in [0.1, 0.15) is 5.70 Å². The molecule has 0 aliphatic rings. The van der Waals surface area contributed by atoms with E-state index in [-0.39, 0.29) is 5.70 Å². The highest BCUT2D eigenvalue weighted by molar-refractivity contribution is 7.09. The van der Waals surface area contributed by atoms with Crippen LogP contribution in [0, 0.1) is 0 Å². The fourth-order valence-corrected chi connectivity index (χ4v) is 2.70. The number of carbonyl (C=O) groups is 3. The molecule has 1 aromatic heterocycles. The van der Waals surface area contributed by atoms with Crippen molar-refractivity contribution >= 4 is 35.2 Å². The molecule has 0 saturated carbocycles. The summed E-state index contributed by atoms with van der Waals surface area (Å²) in [6.07, 6.45) is 0.510. The van der Waals surface area contributed by atoms with Gasteiger partial charge in [-0.25, -0.2) is 4.79 Å². The first kappa shape index (κ1) is 19.4. The normalized spacial score (nSPS) is 12.2. The van der Waals surface area contributed by atoms with E-state index >= 15 is 0 Å². The van der Waals surface area contributed by atoms with Crippen LogP contribution in [0.2, 0.25) is 0 Å². The summed E-state index contributed by atoms with van der Waals surface area (Å²) < 4.78 is 5.19. The van der Waals surface area contributed by atoms with Crippen molar-refractivity contribution in [1.29, 1.82) is 0 Å². The van der Waals surface area contributed by atoms with E-state index in [0.29, 0.717) is 6.54 Å². The number of ether oxygens (including phenoxy) is 1. The number of hydrogen-bond donors (Lipinski definition) is 2. The van der Waals surface area contributed by atoms with Gasteiger partial charge in [-0.15, -0.1) is 11.3 Å². The van der Waals surface area contributed by atoms with Gasteiger partial charge in [0.25, 0.3) is 5.91 Å². The summed E-state index contributed by atoms with van der Waals surface area (Å²) in [5.74, 6) is -1.59. The van der Waals surface area contributed by atoms with Crippen LogP contribution in [-0.4, -0.2) is 23.9 Å². The minimum absolute atomic E-state index is 0.0263. The molecule has 2 rings (SSSR count). The first-order chi connectivity index (χ1) is 12.5. The highest BCUT2D eigenvalue weighted by Gasteiger charge is 2.21. The second kappa shape index (κ2) is 9.53. The van der Waals surface area contributed by atoms with Gasteiger partial charge >= 0.3 is 5.97 Å². The molecule has 1 heterocycles. The zero-order chi connectivity index (χ0) is 18.9. The molecular weight excluding hydrogens is 352 g/mol. The van der Waals surface area contributed by atoms with Crippen LogP contribution in [0.1, 0.15) is 24.3 Å². The number of amides is 2. The number of thiophene rings is 1. The summed E-state index contributed by atoms with van der Waals surface area (Å²) in [4.78, 5) is 36.8. The topological polar surface area (TPSA) is 84.5 Å². The molecule has 0 saturated heterocycles. The molecule has 136 valence electrons. The van der Waals surface area contributed by atoms with E-state index in [4.69, 9.17) is 4.74 Å². The Morgan fingerprint density at radius 3 is 2.50 bits per heavy atom. The molecular formula is C19H20N2O4S. The fraction of sp³-hybridized carbons (Fsp3) is 0.211. The Bertz CT molecular complexity index is 785. The number of hydrogen-bond acceptors (Lipinski definition) is 5. The highest BCUT2D eigenvalue weighted by Crippen LogP contribution is 2.09. The number of carbonyl (C=O) groups excluding carboxylic acids is 3. The van der Waals surface area contributed by atoms with Gasteiger partial charge in [0.05, 0.1) is 6.54 Å². The Balaban J connectivity index is 1.99. The molecule has 0 fully saturated rings. The van der Waals surface area contributed by atoms with E-state index in [9.17, 15) is 14.4 Å². The first-order valence-electron chi connectivity index (χ1n) is 8.01. The number of benzene rings is 1. The van der Waals surface area contributed by atoms with Gasteiger partial charge < -0.3 is 15.4 Å². The molecule has 1 aromatic carbocycles. The molecule has 1 atom stereocenters. The smallest absolute Gasteiger partial charge is 0.355 e. The van der Waals surface area contributed by atoms with Crippen LogP contribution in [0.15, 0.2) is 53.5 Å². The quantitative estimate of drug-likeness (QED) is 0.578. The van der Waals surface area contributed by atoms with Crippen molar-refractivity contribution in [3.8, 4) is 0 Å². The van der Waals surface area contributed by atoms with Gasteiger partial charge in [-0.05, 0) is 30.0 Å². The summed E-state index contributed by atoms with van der Waals surface area (Å²) in [6, 6.07) is 12.8. The maximum atomic E-state index is 12.3. The van der Waals surface area contributed by atoms with E-state index in [0.717, 1.165) is 10.4 Å². The SMILES string of the molecule is CC(=O)N/C(=C\c1ccccc1)C(=O)O[C@@H](C)C(=O)NCc1cccs1. The van der Waals surface area contributed by atoms with Crippen molar-refractivity contribution in [1.82, 2.24) is 10.6 Å². The standard InChI is InChI=1S/C19H20N2O4S/c1-13(18(23)20-12-16-9-6-10-26-16)25-19(24)17(21-14(2)22)11-15-7-4-3-5-8-15/h3-11,13H,12H2,1-2H3,(H,20,23)(H,21,22)/b17-11-/t13-/m0/s1. The predicted molar refractivity (Wildman–Crippen MR) is 100.0 cm³/mol. The third kappa shape index (κ3) is 6.18. The molecule has 6 nitrogen and oxygen atoms in total. The first-order valence-corrected chi connectivity index (χ1v) is 8.89. The Morgan fingerprint density at radius 2 is 1.88 bits per heavy atom. The second-order valence-corrected chi connectivity index (χ2v) is 6.53. The second-order valence-electron chi connectivity index (χ2n) is 5.49.